The Hall–Kier alpha value is -1.32. The van der Waals surface area contributed by atoms with Gasteiger partial charge in [-0.15, -0.1) is 0 Å². The van der Waals surface area contributed by atoms with Crippen molar-refractivity contribution in [3.8, 4) is 0 Å². The van der Waals surface area contributed by atoms with E-state index in [2.05, 4.69) is 10.2 Å². The number of hydrogen-bond donors (Lipinski definition) is 2. The summed E-state index contributed by atoms with van der Waals surface area (Å²) in [4.78, 5) is 0. The van der Waals surface area contributed by atoms with Gasteiger partial charge in [0.2, 0.25) is 0 Å². The summed E-state index contributed by atoms with van der Waals surface area (Å²) < 4.78 is 0. The molecule has 0 fully saturated rings. The van der Waals surface area contributed by atoms with Crippen molar-refractivity contribution in [1.82, 2.24) is 10.2 Å². The van der Waals surface area contributed by atoms with E-state index in [0.717, 1.165) is 22.7 Å². The first-order valence-corrected chi connectivity index (χ1v) is 5.04. The molecule has 1 aromatic heterocycles. The minimum absolute atomic E-state index is 0.0357. The van der Waals surface area contributed by atoms with Gasteiger partial charge in [0.05, 0.1) is 12.3 Å². The van der Waals surface area contributed by atoms with Gasteiger partial charge >= 0.3 is 0 Å². The molecule has 0 aliphatic heterocycles. The second-order valence-electron chi connectivity index (χ2n) is 3.35. The van der Waals surface area contributed by atoms with Crippen LogP contribution in [0.25, 0.3) is 0 Å². The Morgan fingerprint density at radius 1 is 1.33 bits per heavy atom. The van der Waals surface area contributed by atoms with E-state index in [4.69, 9.17) is 16.7 Å². The van der Waals surface area contributed by atoms with Gasteiger partial charge in [0.25, 0.3) is 0 Å². The molecule has 15 heavy (non-hydrogen) atoms. The van der Waals surface area contributed by atoms with Crippen LogP contribution < -0.4 is 0 Å². The Balaban J connectivity index is 2.14. The largest absolute Gasteiger partial charge is 0.390 e. The summed E-state index contributed by atoms with van der Waals surface area (Å²) in [5, 5.41) is 16.4. The van der Waals surface area contributed by atoms with Crippen LogP contribution in [-0.4, -0.2) is 15.3 Å². The van der Waals surface area contributed by atoms with Gasteiger partial charge in [0.1, 0.15) is 0 Å². The van der Waals surface area contributed by atoms with Gasteiger partial charge in [0.15, 0.2) is 0 Å². The first kappa shape index (κ1) is 10.2. The Kier molecular flexibility index (Phi) is 3.04. The van der Waals surface area contributed by atoms with E-state index < -0.39 is 0 Å². The summed E-state index contributed by atoms with van der Waals surface area (Å²) in [7, 11) is 0. The van der Waals surface area contributed by atoms with Crippen molar-refractivity contribution in [3.63, 3.8) is 0 Å². The van der Waals surface area contributed by atoms with Crippen LogP contribution in [0.5, 0.6) is 0 Å². The fourth-order valence-electron chi connectivity index (χ4n) is 1.45. The van der Waals surface area contributed by atoms with Crippen molar-refractivity contribution in [2.24, 2.45) is 0 Å². The molecule has 0 spiro atoms. The van der Waals surface area contributed by atoms with Crippen LogP contribution in [-0.2, 0) is 13.0 Å². The normalized spacial score (nSPS) is 10.5. The number of nitrogens with zero attached hydrogens (tertiary/aromatic N) is 1. The molecule has 0 amide bonds. The Bertz CT molecular complexity index is 453. The predicted molar refractivity (Wildman–Crippen MR) is 58.8 cm³/mol. The monoisotopic (exact) mass is 222 g/mol. The number of aliphatic hydroxyl groups is 1. The average molecular weight is 223 g/mol. The fourth-order valence-corrected chi connectivity index (χ4v) is 1.66. The molecule has 1 heterocycles. The van der Waals surface area contributed by atoms with Crippen LogP contribution in [0.15, 0.2) is 30.3 Å². The minimum Gasteiger partial charge on any atom is -0.390 e. The first-order valence-electron chi connectivity index (χ1n) is 4.66. The molecular weight excluding hydrogens is 212 g/mol. The quantitative estimate of drug-likeness (QED) is 0.836. The molecule has 0 saturated carbocycles. The van der Waals surface area contributed by atoms with Gasteiger partial charge in [-0.2, -0.15) is 5.10 Å². The maximum atomic E-state index is 8.86. The van der Waals surface area contributed by atoms with Crippen LogP contribution in [0, 0.1) is 0 Å². The van der Waals surface area contributed by atoms with E-state index in [9.17, 15) is 0 Å². The van der Waals surface area contributed by atoms with Gasteiger partial charge in [0, 0.05) is 17.1 Å². The summed E-state index contributed by atoms with van der Waals surface area (Å²) in [6, 6.07) is 9.53. The Labute approximate surface area is 92.7 Å². The number of aliphatic hydroxyl groups excluding tert-OH is 1. The van der Waals surface area contributed by atoms with Gasteiger partial charge in [-0.05, 0) is 23.8 Å². The lowest BCUT2D eigenvalue weighted by Gasteiger charge is -1.98. The molecule has 2 aromatic rings. The second kappa shape index (κ2) is 4.47. The summed E-state index contributed by atoms with van der Waals surface area (Å²) in [6.07, 6.45) is 0.744. The zero-order valence-corrected chi connectivity index (χ0v) is 8.83. The lowest BCUT2D eigenvalue weighted by atomic mass is 10.1. The molecule has 0 saturated heterocycles. The number of aromatic nitrogens is 2. The molecule has 2 N–H and O–H groups in total. The SMILES string of the molecule is OCc1cc(Cc2cccc(Cl)c2)[nH]n1. The van der Waals surface area contributed by atoms with E-state index in [1.165, 1.54) is 0 Å². The third-order valence-electron chi connectivity index (χ3n) is 2.13. The van der Waals surface area contributed by atoms with Crippen LogP contribution >= 0.6 is 11.6 Å². The highest BCUT2D eigenvalue weighted by Gasteiger charge is 2.01. The number of H-pyrrole nitrogens is 1. The van der Waals surface area contributed by atoms with E-state index >= 15 is 0 Å². The Morgan fingerprint density at radius 2 is 2.20 bits per heavy atom. The lowest BCUT2D eigenvalue weighted by molar-refractivity contribution is 0.276. The van der Waals surface area contributed by atoms with Crippen LogP contribution in [0.2, 0.25) is 5.02 Å². The molecule has 2 rings (SSSR count). The Morgan fingerprint density at radius 3 is 2.87 bits per heavy atom. The molecule has 0 radical (unpaired) electrons. The predicted octanol–water partition coefficient (Wildman–Crippen LogP) is 2.15. The molecule has 78 valence electrons. The summed E-state index contributed by atoms with van der Waals surface area (Å²) >= 11 is 5.88. The molecule has 0 aliphatic carbocycles. The zero-order valence-electron chi connectivity index (χ0n) is 8.07. The third kappa shape index (κ3) is 2.58. The molecule has 4 heteroatoms. The first-order chi connectivity index (χ1) is 7.28. The standard InChI is InChI=1S/C11H11ClN2O/c12-9-3-1-2-8(4-9)5-10-6-11(7-15)14-13-10/h1-4,6,15H,5,7H2,(H,13,14). The van der Waals surface area contributed by atoms with Crippen molar-refractivity contribution in [2.45, 2.75) is 13.0 Å². The highest BCUT2D eigenvalue weighted by Crippen LogP contribution is 2.14. The van der Waals surface area contributed by atoms with Crippen molar-refractivity contribution < 1.29 is 5.11 Å². The number of benzene rings is 1. The van der Waals surface area contributed by atoms with Gasteiger partial charge < -0.3 is 5.11 Å². The number of hydrogen-bond acceptors (Lipinski definition) is 2. The molecule has 0 unspecified atom stereocenters. The van der Waals surface area contributed by atoms with E-state index in [-0.39, 0.29) is 6.61 Å². The van der Waals surface area contributed by atoms with Gasteiger partial charge in [-0.1, -0.05) is 23.7 Å². The smallest absolute Gasteiger partial charge is 0.0879 e. The van der Waals surface area contributed by atoms with Gasteiger partial charge in [-0.3, -0.25) is 5.10 Å². The molecular formula is C11H11ClN2O. The zero-order chi connectivity index (χ0) is 10.7. The second-order valence-corrected chi connectivity index (χ2v) is 3.79. The topological polar surface area (TPSA) is 48.9 Å². The van der Waals surface area contributed by atoms with E-state index in [1.807, 2.05) is 30.3 Å². The number of rotatable bonds is 3. The number of nitrogens with one attached hydrogen (secondary N) is 1. The molecule has 0 bridgehead atoms. The number of aromatic amines is 1. The molecule has 3 nitrogen and oxygen atoms in total. The van der Waals surface area contributed by atoms with Crippen molar-refractivity contribution in [3.05, 3.63) is 52.3 Å². The van der Waals surface area contributed by atoms with E-state index in [1.54, 1.807) is 0 Å². The van der Waals surface area contributed by atoms with Crippen molar-refractivity contribution in [2.75, 3.05) is 0 Å². The maximum Gasteiger partial charge on any atom is 0.0879 e. The molecule has 1 aromatic carbocycles. The average Bonchev–Trinajstić information content (AvgIpc) is 2.65. The summed E-state index contributed by atoms with van der Waals surface area (Å²) in [6.45, 7) is -0.0357. The van der Waals surface area contributed by atoms with E-state index in [0.29, 0.717) is 5.69 Å². The molecule has 0 atom stereocenters. The maximum absolute atomic E-state index is 8.86. The van der Waals surface area contributed by atoms with Crippen molar-refractivity contribution >= 4 is 11.6 Å². The molecule has 0 aliphatic rings. The highest BCUT2D eigenvalue weighted by molar-refractivity contribution is 6.30. The van der Waals surface area contributed by atoms with Crippen LogP contribution in [0.4, 0.5) is 0 Å². The number of halogens is 1. The highest BCUT2D eigenvalue weighted by atomic mass is 35.5. The van der Waals surface area contributed by atoms with Gasteiger partial charge in [-0.25, -0.2) is 0 Å². The van der Waals surface area contributed by atoms with Crippen LogP contribution in [0.1, 0.15) is 17.0 Å². The fraction of sp³-hybridized carbons (Fsp3) is 0.182. The third-order valence-corrected chi connectivity index (χ3v) is 2.36. The van der Waals surface area contributed by atoms with Crippen LogP contribution in [0.3, 0.4) is 0 Å². The lowest BCUT2D eigenvalue weighted by Crippen LogP contribution is -1.87. The minimum atomic E-state index is -0.0357. The summed E-state index contributed by atoms with van der Waals surface area (Å²) in [5.41, 5.74) is 2.75. The summed E-state index contributed by atoms with van der Waals surface area (Å²) in [5.74, 6) is 0. The van der Waals surface area contributed by atoms with Crippen molar-refractivity contribution in [1.29, 1.82) is 0 Å².